The molecule has 2 amide bonds. The minimum Gasteiger partial charge on any atom is -0.354 e. The summed E-state index contributed by atoms with van der Waals surface area (Å²) < 4.78 is 1.21. The number of aromatic nitrogens is 2. The van der Waals surface area contributed by atoms with E-state index in [9.17, 15) is 19.2 Å². The first-order valence-electron chi connectivity index (χ1n) is 11.3. The van der Waals surface area contributed by atoms with Crippen molar-refractivity contribution in [2.24, 2.45) is 11.8 Å². The summed E-state index contributed by atoms with van der Waals surface area (Å²) in [5.41, 5.74) is -1.46. The fourth-order valence-electron chi connectivity index (χ4n) is 4.64. The minimum absolute atomic E-state index is 0.0648. The van der Waals surface area contributed by atoms with Crippen molar-refractivity contribution in [3.8, 4) is 6.07 Å². The van der Waals surface area contributed by atoms with Crippen LogP contribution in [-0.4, -0.2) is 34.0 Å². The predicted octanol–water partition coefficient (Wildman–Crippen LogP) is 1.17. The van der Waals surface area contributed by atoms with E-state index in [4.69, 9.17) is 5.26 Å². The molecule has 31 heavy (non-hydrogen) atoms. The van der Waals surface area contributed by atoms with Crippen LogP contribution in [0, 0.1) is 23.2 Å². The average Bonchev–Trinajstić information content (AvgIpc) is 2.76. The lowest BCUT2D eigenvalue weighted by Crippen LogP contribution is -2.42. The molecular weight excluding hydrogens is 398 g/mol. The van der Waals surface area contributed by atoms with Crippen LogP contribution in [0.3, 0.4) is 0 Å². The number of aromatic amines is 1. The number of hydrogen-bond acceptors (Lipinski definition) is 5. The van der Waals surface area contributed by atoms with E-state index >= 15 is 0 Å². The van der Waals surface area contributed by atoms with Gasteiger partial charge in [0.25, 0.3) is 5.56 Å². The van der Waals surface area contributed by atoms with Gasteiger partial charge in [-0.3, -0.25) is 23.9 Å². The number of carbonyl (C=O) groups excluding carboxylic acids is 2. The summed E-state index contributed by atoms with van der Waals surface area (Å²) in [6.07, 6.45) is 10.9. The van der Waals surface area contributed by atoms with Gasteiger partial charge in [0.15, 0.2) is 0 Å². The van der Waals surface area contributed by atoms with Crippen molar-refractivity contribution >= 4 is 11.8 Å². The van der Waals surface area contributed by atoms with Crippen molar-refractivity contribution in [1.82, 2.24) is 20.2 Å². The molecule has 0 atom stereocenters. The normalized spacial score (nSPS) is 21.8. The zero-order valence-electron chi connectivity index (χ0n) is 17.8. The monoisotopic (exact) mass is 429 g/mol. The summed E-state index contributed by atoms with van der Waals surface area (Å²) >= 11 is 0. The van der Waals surface area contributed by atoms with Crippen LogP contribution in [0.2, 0.25) is 0 Å². The Bertz CT molecular complexity index is 930. The van der Waals surface area contributed by atoms with Gasteiger partial charge in [0.1, 0.15) is 11.6 Å². The lowest BCUT2D eigenvalue weighted by molar-refractivity contribution is -0.126. The van der Waals surface area contributed by atoms with Crippen molar-refractivity contribution < 1.29 is 9.59 Å². The molecule has 2 fully saturated rings. The smallest absolute Gasteiger partial charge is 0.328 e. The van der Waals surface area contributed by atoms with E-state index in [1.165, 1.54) is 30.0 Å². The Morgan fingerprint density at radius 2 is 1.81 bits per heavy atom. The minimum atomic E-state index is -0.713. The SMILES string of the molecule is N#Cc1cn(CCNC(=O)C2CCC(NC(=O)CC3CCCCC3)CC2)c(=O)[nH]c1=O. The largest absolute Gasteiger partial charge is 0.354 e. The molecule has 1 heterocycles. The summed E-state index contributed by atoms with van der Waals surface area (Å²) in [5.74, 6) is 0.497. The van der Waals surface area contributed by atoms with Gasteiger partial charge >= 0.3 is 5.69 Å². The van der Waals surface area contributed by atoms with Crippen molar-refractivity contribution in [2.45, 2.75) is 76.8 Å². The van der Waals surface area contributed by atoms with Crippen LogP contribution in [0.4, 0.5) is 0 Å². The number of carbonyl (C=O) groups is 2. The first-order valence-corrected chi connectivity index (χ1v) is 11.3. The quantitative estimate of drug-likeness (QED) is 0.597. The number of nitrogens with zero attached hydrogens (tertiary/aromatic N) is 2. The number of hydrogen-bond donors (Lipinski definition) is 3. The highest BCUT2D eigenvalue weighted by Gasteiger charge is 2.27. The van der Waals surface area contributed by atoms with Gasteiger partial charge in [0, 0.05) is 37.7 Å². The topological polar surface area (TPSA) is 137 Å². The molecule has 9 heteroatoms. The van der Waals surface area contributed by atoms with E-state index in [2.05, 4.69) is 15.6 Å². The molecule has 0 spiro atoms. The van der Waals surface area contributed by atoms with E-state index in [1.807, 2.05) is 0 Å². The zero-order valence-corrected chi connectivity index (χ0v) is 17.8. The molecule has 9 nitrogen and oxygen atoms in total. The van der Waals surface area contributed by atoms with Crippen molar-refractivity contribution in [2.75, 3.05) is 6.54 Å². The molecule has 168 valence electrons. The Kier molecular flexibility index (Phi) is 8.04. The highest BCUT2D eigenvalue weighted by atomic mass is 16.2. The van der Waals surface area contributed by atoms with E-state index < -0.39 is 11.2 Å². The van der Waals surface area contributed by atoms with Crippen molar-refractivity contribution in [1.29, 1.82) is 5.26 Å². The van der Waals surface area contributed by atoms with E-state index in [0.29, 0.717) is 12.3 Å². The number of amides is 2. The summed E-state index contributed by atoms with van der Waals surface area (Å²) in [6.45, 7) is 0.399. The molecule has 0 bridgehead atoms. The van der Waals surface area contributed by atoms with Crippen molar-refractivity contribution in [3.05, 3.63) is 32.6 Å². The van der Waals surface area contributed by atoms with Gasteiger partial charge in [-0.25, -0.2) is 4.79 Å². The maximum Gasteiger partial charge on any atom is 0.328 e. The summed E-state index contributed by atoms with van der Waals surface area (Å²) in [4.78, 5) is 50.0. The van der Waals surface area contributed by atoms with Crippen LogP contribution in [0.5, 0.6) is 0 Å². The second-order valence-electron chi connectivity index (χ2n) is 8.72. The summed E-state index contributed by atoms with van der Waals surface area (Å²) in [7, 11) is 0. The van der Waals surface area contributed by atoms with Gasteiger partial charge in [0.05, 0.1) is 0 Å². The highest BCUT2D eigenvalue weighted by molar-refractivity contribution is 5.79. The van der Waals surface area contributed by atoms with Crippen molar-refractivity contribution in [3.63, 3.8) is 0 Å². The Morgan fingerprint density at radius 1 is 1.10 bits per heavy atom. The molecular formula is C22H31N5O4. The molecule has 2 saturated carbocycles. The van der Waals surface area contributed by atoms with Gasteiger partial charge in [0.2, 0.25) is 11.8 Å². The lowest BCUT2D eigenvalue weighted by atomic mass is 9.84. The second kappa shape index (κ2) is 10.9. The van der Waals surface area contributed by atoms with Crippen LogP contribution in [-0.2, 0) is 16.1 Å². The zero-order chi connectivity index (χ0) is 22.2. The van der Waals surface area contributed by atoms with E-state index in [1.54, 1.807) is 6.07 Å². The summed E-state index contributed by atoms with van der Waals surface area (Å²) in [6, 6.07) is 1.88. The maximum atomic E-state index is 12.4. The fourth-order valence-corrected chi connectivity index (χ4v) is 4.64. The van der Waals surface area contributed by atoms with Gasteiger partial charge in [-0.15, -0.1) is 0 Å². The Morgan fingerprint density at radius 3 is 2.48 bits per heavy atom. The lowest BCUT2D eigenvalue weighted by Gasteiger charge is -2.29. The first-order chi connectivity index (χ1) is 15.0. The summed E-state index contributed by atoms with van der Waals surface area (Å²) in [5, 5.41) is 14.9. The Hall–Kier alpha value is -2.89. The molecule has 0 radical (unpaired) electrons. The molecule has 0 saturated heterocycles. The molecule has 2 aliphatic rings. The Balaban J connectivity index is 1.37. The van der Waals surface area contributed by atoms with Crippen LogP contribution < -0.4 is 21.9 Å². The van der Waals surface area contributed by atoms with Gasteiger partial charge < -0.3 is 10.6 Å². The molecule has 2 aliphatic carbocycles. The standard InChI is InChI=1S/C22H31N5O4/c23-13-17-14-27(22(31)26-21(17)30)11-10-24-20(29)16-6-8-18(9-7-16)25-19(28)12-15-4-2-1-3-5-15/h14-16,18H,1-12H2,(H,24,29)(H,25,28)(H,26,30,31). The predicted molar refractivity (Wildman–Crippen MR) is 114 cm³/mol. The molecule has 0 aromatic carbocycles. The van der Waals surface area contributed by atoms with E-state index in [-0.39, 0.29) is 42.4 Å². The Labute approximate surface area is 181 Å². The molecule has 0 aliphatic heterocycles. The third-order valence-electron chi connectivity index (χ3n) is 6.45. The molecule has 1 aromatic rings. The van der Waals surface area contributed by atoms with E-state index in [0.717, 1.165) is 38.5 Å². The molecule has 0 unspecified atom stereocenters. The van der Waals surface area contributed by atoms with Gasteiger partial charge in [-0.1, -0.05) is 19.3 Å². The maximum absolute atomic E-state index is 12.4. The van der Waals surface area contributed by atoms with Crippen LogP contribution in [0.1, 0.15) is 69.8 Å². The van der Waals surface area contributed by atoms with Crippen LogP contribution in [0.25, 0.3) is 0 Å². The number of rotatable bonds is 7. The first kappa shape index (κ1) is 22.8. The molecule has 3 rings (SSSR count). The van der Waals surface area contributed by atoms with Crippen LogP contribution >= 0.6 is 0 Å². The highest BCUT2D eigenvalue weighted by Crippen LogP contribution is 2.27. The third-order valence-corrected chi connectivity index (χ3v) is 6.45. The number of nitriles is 1. The second-order valence-corrected chi connectivity index (χ2v) is 8.72. The van der Waals surface area contributed by atoms with Gasteiger partial charge in [-0.05, 0) is 44.4 Å². The van der Waals surface area contributed by atoms with Gasteiger partial charge in [-0.2, -0.15) is 5.26 Å². The average molecular weight is 430 g/mol. The fraction of sp³-hybridized carbons (Fsp3) is 0.682. The third kappa shape index (κ3) is 6.54. The number of H-pyrrole nitrogens is 1. The van der Waals surface area contributed by atoms with Crippen LogP contribution in [0.15, 0.2) is 15.8 Å². The molecule has 1 aromatic heterocycles. The molecule has 3 N–H and O–H groups in total. The number of nitrogens with one attached hydrogen (secondary N) is 3.